The van der Waals surface area contributed by atoms with Crippen molar-refractivity contribution < 1.29 is 14.8 Å². The third-order valence-corrected chi connectivity index (χ3v) is 1.77. The van der Waals surface area contributed by atoms with Gasteiger partial charge in [0.15, 0.2) is 5.69 Å². The van der Waals surface area contributed by atoms with Crippen molar-refractivity contribution in [1.29, 1.82) is 0 Å². The minimum absolute atomic E-state index is 0.0769. The quantitative estimate of drug-likeness (QED) is 0.568. The van der Waals surface area contributed by atoms with Crippen LogP contribution in [0.5, 0.6) is 0 Å². The van der Waals surface area contributed by atoms with E-state index in [9.17, 15) is 14.9 Å². The smallest absolute Gasteiger partial charge is 0.355 e. The van der Waals surface area contributed by atoms with Crippen molar-refractivity contribution in [2.24, 2.45) is 0 Å². The molecule has 0 saturated carbocycles. The maximum absolute atomic E-state index is 10.7. The summed E-state index contributed by atoms with van der Waals surface area (Å²) in [6.45, 7) is 2.88. The Balaban J connectivity index is 3.47. The fourth-order valence-electron chi connectivity index (χ4n) is 1.12. The summed E-state index contributed by atoms with van der Waals surface area (Å²) in [6, 6.07) is 1.25. The molecule has 0 saturated heterocycles. The minimum atomic E-state index is -1.26. The number of hydrogen-bond donors (Lipinski definition) is 1. The van der Waals surface area contributed by atoms with Crippen LogP contribution in [0.25, 0.3) is 0 Å². The molecule has 14 heavy (non-hydrogen) atoms. The van der Waals surface area contributed by atoms with Crippen LogP contribution in [0.15, 0.2) is 6.07 Å². The van der Waals surface area contributed by atoms with Crippen molar-refractivity contribution in [3.63, 3.8) is 0 Å². The summed E-state index contributed by atoms with van der Waals surface area (Å²) in [5.74, 6) is -1.26. The van der Waals surface area contributed by atoms with Crippen molar-refractivity contribution >= 4 is 11.7 Å². The highest BCUT2D eigenvalue weighted by atomic mass is 16.6. The van der Waals surface area contributed by atoms with Gasteiger partial charge in [-0.15, -0.1) is 0 Å². The van der Waals surface area contributed by atoms with Gasteiger partial charge in [-0.1, -0.05) is 0 Å². The highest BCUT2D eigenvalue weighted by Crippen LogP contribution is 2.20. The summed E-state index contributed by atoms with van der Waals surface area (Å²) >= 11 is 0. The molecule has 0 aliphatic rings. The molecule has 6 nitrogen and oxygen atoms in total. The van der Waals surface area contributed by atoms with Gasteiger partial charge in [-0.25, -0.2) is 9.78 Å². The Bertz CT molecular complexity index is 379. The monoisotopic (exact) mass is 196 g/mol. The first kappa shape index (κ1) is 10.1. The van der Waals surface area contributed by atoms with Crippen LogP contribution in [0.4, 0.5) is 5.69 Å². The van der Waals surface area contributed by atoms with E-state index < -0.39 is 10.9 Å². The van der Waals surface area contributed by atoms with Crippen LogP contribution in [0.1, 0.15) is 21.7 Å². The summed E-state index contributed by atoms with van der Waals surface area (Å²) < 4.78 is 0. The number of carboxylic acid groups (broad SMARTS) is 1. The maximum atomic E-state index is 10.7. The highest BCUT2D eigenvalue weighted by Gasteiger charge is 2.20. The fraction of sp³-hybridized carbons (Fsp3) is 0.250. The molecule has 0 radical (unpaired) electrons. The standard InChI is InChI=1S/C8H8N2O4/c1-4-3-6(10(13)14)5(2)7(9-4)8(11)12/h3H,1-2H3,(H,11,12). The molecule has 0 aliphatic carbocycles. The summed E-state index contributed by atoms with van der Waals surface area (Å²) in [6.07, 6.45) is 0. The van der Waals surface area contributed by atoms with Gasteiger partial charge in [-0.2, -0.15) is 0 Å². The summed E-state index contributed by atoms with van der Waals surface area (Å²) in [4.78, 5) is 24.3. The van der Waals surface area contributed by atoms with E-state index in [2.05, 4.69) is 4.98 Å². The van der Waals surface area contributed by atoms with E-state index in [1.165, 1.54) is 19.9 Å². The highest BCUT2D eigenvalue weighted by molar-refractivity contribution is 5.88. The molecule has 6 heteroatoms. The Morgan fingerprint density at radius 2 is 2.14 bits per heavy atom. The zero-order valence-electron chi connectivity index (χ0n) is 7.64. The van der Waals surface area contributed by atoms with Crippen LogP contribution in [0.3, 0.4) is 0 Å². The van der Waals surface area contributed by atoms with Gasteiger partial charge in [0.1, 0.15) is 0 Å². The van der Waals surface area contributed by atoms with Crippen LogP contribution >= 0.6 is 0 Å². The van der Waals surface area contributed by atoms with Crippen molar-refractivity contribution in [3.05, 3.63) is 33.1 Å². The summed E-state index contributed by atoms with van der Waals surface area (Å²) in [5, 5.41) is 19.2. The van der Waals surface area contributed by atoms with Crippen molar-refractivity contribution in [2.75, 3.05) is 0 Å². The van der Waals surface area contributed by atoms with Crippen LogP contribution in [-0.4, -0.2) is 21.0 Å². The number of nitro groups is 1. The van der Waals surface area contributed by atoms with Gasteiger partial charge in [0.25, 0.3) is 5.69 Å². The molecule has 0 fully saturated rings. The lowest BCUT2D eigenvalue weighted by molar-refractivity contribution is -0.385. The third kappa shape index (κ3) is 1.68. The first-order valence-corrected chi connectivity index (χ1v) is 3.79. The van der Waals surface area contributed by atoms with E-state index in [4.69, 9.17) is 5.11 Å². The van der Waals surface area contributed by atoms with E-state index in [0.29, 0.717) is 5.69 Å². The number of pyridine rings is 1. The van der Waals surface area contributed by atoms with Crippen LogP contribution in [-0.2, 0) is 0 Å². The van der Waals surface area contributed by atoms with E-state index in [-0.39, 0.29) is 16.9 Å². The first-order chi connectivity index (χ1) is 6.43. The Kier molecular flexibility index (Phi) is 2.46. The molecule has 0 atom stereocenters. The molecule has 74 valence electrons. The number of nitrogens with zero attached hydrogens (tertiary/aromatic N) is 2. The predicted octanol–water partition coefficient (Wildman–Crippen LogP) is 1.30. The van der Waals surface area contributed by atoms with Crippen LogP contribution < -0.4 is 0 Å². The van der Waals surface area contributed by atoms with Gasteiger partial charge in [-0.3, -0.25) is 10.1 Å². The normalized spacial score (nSPS) is 9.86. The van der Waals surface area contributed by atoms with Gasteiger partial charge >= 0.3 is 5.97 Å². The molecule has 0 aliphatic heterocycles. The number of carboxylic acids is 1. The second kappa shape index (κ2) is 3.41. The Morgan fingerprint density at radius 3 is 2.57 bits per heavy atom. The SMILES string of the molecule is Cc1cc([N+](=O)[O-])c(C)c(C(=O)O)n1. The number of aryl methyl sites for hydroxylation is 1. The number of hydrogen-bond acceptors (Lipinski definition) is 4. The lowest BCUT2D eigenvalue weighted by atomic mass is 10.1. The molecule has 1 aromatic heterocycles. The van der Waals surface area contributed by atoms with E-state index in [1.54, 1.807) is 0 Å². The molecule has 0 amide bonds. The molecule has 0 spiro atoms. The van der Waals surface area contributed by atoms with Gasteiger partial charge in [-0.05, 0) is 13.8 Å². The Hall–Kier alpha value is -1.98. The lowest BCUT2D eigenvalue weighted by Gasteiger charge is -2.02. The molecule has 0 aromatic carbocycles. The molecule has 1 N–H and O–H groups in total. The predicted molar refractivity (Wildman–Crippen MR) is 47.3 cm³/mol. The van der Waals surface area contributed by atoms with Crippen LogP contribution in [0, 0.1) is 24.0 Å². The van der Waals surface area contributed by atoms with E-state index in [1.807, 2.05) is 0 Å². The van der Waals surface area contributed by atoms with Crippen LogP contribution in [0.2, 0.25) is 0 Å². The molecule has 1 aromatic rings. The molecular weight excluding hydrogens is 188 g/mol. The van der Waals surface area contributed by atoms with Crippen molar-refractivity contribution in [3.8, 4) is 0 Å². The van der Waals surface area contributed by atoms with Gasteiger partial charge < -0.3 is 5.11 Å². The number of aromatic nitrogens is 1. The van der Waals surface area contributed by atoms with Crippen molar-refractivity contribution in [1.82, 2.24) is 4.98 Å². The average molecular weight is 196 g/mol. The Morgan fingerprint density at radius 1 is 1.57 bits per heavy atom. The topological polar surface area (TPSA) is 93.3 Å². The molecule has 0 bridgehead atoms. The van der Waals surface area contributed by atoms with Gasteiger partial charge in [0.2, 0.25) is 0 Å². The first-order valence-electron chi connectivity index (χ1n) is 3.79. The molecular formula is C8H8N2O4. The summed E-state index contributed by atoms with van der Waals surface area (Å²) in [7, 11) is 0. The zero-order chi connectivity index (χ0) is 10.9. The fourth-order valence-corrected chi connectivity index (χ4v) is 1.12. The minimum Gasteiger partial charge on any atom is -0.476 e. The lowest BCUT2D eigenvalue weighted by Crippen LogP contribution is -2.07. The maximum Gasteiger partial charge on any atom is 0.355 e. The Labute approximate surface area is 79.4 Å². The number of aromatic carboxylic acids is 1. The number of rotatable bonds is 2. The van der Waals surface area contributed by atoms with E-state index >= 15 is 0 Å². The van der Waals surface area contributed by atoms with E-state index in [0.717, 1.165) is 0 Å². The number of carbonyl (C=O) groups is 1. The van der Waals surface area contributed by atoms with Crippen molar-refractivity contribution in [2.45, 2.75) is 13.8 Å². The zero-order valence-corrected chi connectivity index (χ0v) is 7.64. The molecule has 1 heterocycles. The van der Waals surface area contributed by atoms with Gasteiger partial charge in [0, 0.05) is 11.8 Å². The summed E-state index contributed by atoms with van der Waals surface area (Å²) in [5.41, 5.74) is -0.0839. The average Bonchev–Trinajstić information content (AvgIpc) is 2.07. The largest absolute Gasteiger partial charge is 0.476 e. The van der Waals surface area contributed by atoms with Gasteiger partial charge in [0.05, 0.1) is 10.5 Å². The third-order valence-electron chi connectivity index (χ3n) is 1.77. The molecule has 1 rings (SSSR count). The second-order valence-electron chi connectivity index (χ2n) is 2.82. The second-order valence-corrected chi connectivity index (χ2v) is 2.82. The molecule has 0 unspecified atom stereocenters.